The van der Waals surface area contributed by atoms with E-state index in [-0.39, 0.29) is 5.91 Å². The fourth-order valence-electron chi connectivity index (χ4n) is 2.95. The standard InChI is InChI=1S/C22H26N2O2/c1-2-3-14-26-19-10-8-17(9-11-19)12-13-23-22(25)15-18-16-24-21-7-5-4-6-20(18)21/h4-11,16,24H,2-3,12-15H2,1H3,(H,23,25). The fraction of sp³-hybridized carbons (Fsp3) is 0.318. The Kier molecular flexibility index (Phi) is 6.31. The van der Waals surface area contributed by atoms with E-state index in [1.807, 2.05) is 42.6 Å². The number of unbranched alkanes of at least 4 members (excludes halogenated alkanes) is 1. The molecule has 136 valence electrons. The molecule has 1 heterocycles. The van der Waals surface area contributed by atoms with E-state index in [1.165, 1.54) is 5.56 Å². The van der Waals surface area contributed by atoms with Gasteiger partial charge in [0, 0.05) is 23.6 Å². The minimum atomic E-state index is 0.0503. The summed E-state index contributed by atoms with van der Waals surface area (Å²) >= 11 is 0. The van der Waals surface area contributed by atoms with Crippen molar-refractivity contribution in [2.45, 2.75) is 32.6 Å². The molecule has 1 amide bonds. The van der Waals surface area contributed by atoms with E-state index in [0.29, 0.717) is 13.0 Å². The minimum absolute atomic E-state index is 0.0503. The Labute approximate surface area is 154 Å². The van der Waals surface area contributed by atoms with Crippen molar-refractivity contribution in [1.82, 2.24) is 10.3 Å². The Morgan fingerprint density at radius 1 is 1.12 bits per heavy atom. The number of ether oxygens (including phenoxy) is 1. The van der Waals surface area contributed by atoms with Crippen LogP contribution in [0.2, 0.25) is 0 Å². The van der Waals surface area contributed by atoms with Crippen LogP contribution >= 0.6 is 0 Å². The summed E-state index contributed by atoms with van der Waals surface area (Å²) in [4.78, 5) is 15.4. The van der Waals surface area contributed by atoms with Gasteiger partial charge in [-0.3, -0.25) is 4.79 Å². The summed E-state index contributed by atoms with van der Waals surface area (Å²) < 4.78 is 5.67. The molecule has 26 heavy (non-hydrogen) atoms. The number of hydrogen-bond donors (Lipinski definition) is 2. The number of amides is 1. The van der Waals surface area contributed by atoms with Gasteiger partial charge in [-0.1, -0.05) is 43.7 Å². The molecule has 0 saturated heterocycles. The van der Waals surface area contributed by atoms with Crippen LogP contribution < -0.4 is 10.1 Å². The smallest absolute Gasteiger partial charge is 0.224 e. The van der Waals surface area contributed by atoms with Crippen molar-refractivity contribution in [2.24, 2.45) is 0 Å². The average molecular weight is 350 g/mol. The maximum absolute atomic E-state index is 12.2. The highest BCUT2D eigenvalue weighted by Crippen LogP contribution is 2.18. The second kappa shape index (κ2) is 9.09. The van der Waals surface area contributed by atoms with Crippen molar-refractivity contribution in [2.75, 3.05) is 13.2 Å². The molecule has 1 aromatic heterocycles. The predicted molar refractivity (Wildman–Crippen MR) is 106 cm³/mol. The number of carbonyl (C=O) groups is 1. The molecule has 0 radical (unpaired) electrons. The Hall–Kier alpha value is -2.75. The van der Waals surface area contributed by atoms with Crippen molar-refractivity contribution in [3.63, 3.8) is 0 Å². The number of carbonyl (C=O) groups excluding carboxylic acids is 1. The summed E-state index contributed by atoms with van der Waals surface area (Å²) in [6.45, 7) is 3.55. The summed E-state index contributed by atoms with van der Waals surface area (Å²) in [7, 11) is 0. The van der Waals surface area contributed by atoms with Crippen LogP contribution in [0.5, 0.6) is 5.75 Å². The highest BCUT2D eigenvalue weighted by molar-refractivity contribution is 5.88. The third-order valence-corrected chi connectivity index (χ3v) is 4.45. The van der Waals surface area contributed by atoms with Gasteiger partial charge in [-0.25, -0.2) is 0 Å². The lowest BCUT2D eigenvalue weighted by atomic mass is 10.1. The van der Waals surface area contributed by atoms with Crippen LogP contribution in [0.3, 0.4) is 0 Å². The summed E-state index contributed by atoms with van der Waals surface area (Å²) in [5.74, 6) is 0.958. The number of aromatic nitrogens is 1. The van der Waals surface area contributed by atoms with Gasteiger partial charge >= 0.3 is 0 Å². The molecule has 0 aliphatic rings. The molecule has 0 atom stereocenters. The van der Waals surface area contributed by atoms with Gasteiger partial charge in [0.05, 0.1) is 13.0 Å². The van der Waals surface area contributed by atoms with Crippen LogP contribution in [0.15, 0.2) is 54.7 Å². The first-order valence-electron chi connectivity index (χ1n) is 9.29. The quantitative estimate of drug-likeness (QED) is 0.567. The summed E-state index contributed by atoms with van der Waals surface area (Å²) in [5.41, 5.74) is 3.29. The van der Waals surface area contributed by atoms with Gasteiger partial charge in [-0.05, 0) is 42.2 Å². The van der Waals surface area contributed by atoms with Crippen LogP contribution in [0, 0.1) is 0 Å². The molecule has 0 fully saturated rings. The zero-order chi connectivity index (χ0) is 18.2. The normalized spacial score (nSPS) is 10.8. The second-order valence-corrected chi connectivity index (χ2v) is 6.48. The molecule has 0 spiro atoms. The maximum Gasteiger partial charge on any atom is 0.224 e. The Morgan fingerprint density at radius 2 is 1.92 bits per heavy atom. The largest absolute Gasteiger partial charge is 0.494 e. The number of fused-ring (bicyclic) bond motifs is 1. The first-order valence-corrected chi connectivity index (χ1v) is 9.29. The Bertz CT molecular complexity index is 837. The molecule has 2 aromatic carbocycles. The van der Waals surface area contributed by atoms with E-state index >= 15 is 0 Å². The topological polar surface area (TPSA) is 54.1 Å². The highest BCUT2D eigenvalue weighted by atomic mass is 16.5. The molecule has 0 saturated carbocycles. The van der Waals surface area contributed by atoms with Gasteiger partial charge < -0.3 is 15.0 Å². The van der Waals surface area contributed by atoms with E-state index < -0.39 is 0 Å². The SMILES string of the molecule is CCCCOc1ccc(CCNC(=O)Cc2c[nH]c3ccccc23)cc1. The zero-order valence-corrected chi connectivity index (χ0v) is 15.3. The third kappa shape index (κ3) is 4.88. The monoisotopic (exact) mass is 350 g/mol. The first-order chi connectivity index (χ1) is 12.8. The number of aromatic amines is 1. The molecule has 4 nitrogen and oxygen atoms in total. The van der Waals surface area contributed by atoms with Crippen molar-refractivity contribution >= 4 is 16.8 Å². The maximum atomic E-state index is 12.2. The predicted octanol–water partition coefficient (Wildman–Crippen LogP) is 4.25. The van der Waals surface area contributed by atoms with E-state index in [2.05, 4.69) is 29.4 Å². The lowest BCUT2D eigenvalue weighted by Gasteiger charge is -2.08. The molecule has 0 unspecified atom stereocenters. The molecular formula is C22H26N2O2. The minimum Gasteiger partial charge on any atom is -0.494 e. The molecule has 2 N–H and O–H groups in total. The Balaban J connectivity index is 1.43. The molecule has 3 rings (SSSR count). The molecule has 3 aromatic rings. The molecular weight excluding hydrogens is 324 g/mol. The van der Waals surface area contributed by atoms with Gasteiger partial charge in [0.1, 0.15) is 5.75 Å². The number of rotatable bonds is 9. The van der Waals surface area contributed by atoms with Crippen LogP contribution in [0.25, 0.3) is 10.9 Å². The second-order valence-electron chi connectivity index (χ2n) is 6.48. The molecule has 4 heteroatoms. The van der Waals surface area contributed by atoms with Crippen LogP contribution in [0.1, 0.15) is 30.9 Å². The van der Waals surface area contributed by atoms with E-state index in [4.69, 9.17) is 4.74 Å². The summed E-state index contributed by atoms with van der Waals surface area (Å²) in [5, 5.41) is 4.12. The van der Waals surface area contributed by atoms with Gasteiger partial charge in [0.25, 0.3) is 0 Å². The molecule has 0 aliphatic heterocycles. The van der Waals surface area contributed by atoms with Crippen LogP contribution in [0.4, 0.5) is 0 Å². The highest BCUT2D eigenvalue weighted by Gasteiger charge is 2.08. The van der Waals surface area contributed by atoms with Crippen molar-refractivity contribution < 1.29 is 9.53 Å². The first kappa shape index (κ1) is 18.1. The number of nitrogens with one attached hydrogen (secondary N) is 2. The van der Waals surface area contributed by atoms with Gasteiger partial charge in [0.15, 0.2) is 0 Å². The van der Waals surface area contributed by atoms with Gasteiger partial charge in [0.2, 0.25) is 5.91 Å². The summed E-state index contributed by atoms with van der Waals surface area (Å²) in [6, 6.07) is 16.2. The van der Waals surface area contributed by atoms with E-state index in [9.17, 15) is 4.79 Å². The van der Waals surface area contributed by atoms with Gasteiger partial charge in [-0.2, -0.15) is 0 Å². The number of hydrogen-bond acceptors (Lipinski definition) is 2. The number of H-pyrrole nitrogens is 1. The molecule has 0 aliphatic carbocycles. The van der Waals surface area contributed by atoms with Crippen molar-refractivity contribution in [3.05, 3.63) is 65.9 Å². The average Bonchev–Trinajstić information content (AvgIpc) is 3.06. The lowest BCUT2D eigenvalue weighted by molar-refractivity contribution is -0.120. The number of benzene rings is 2. The lowest BCUT2D eigenvalue weighted by Crippen LogP contribution is -2.27. The van der Waals surface area contributed by atoms with Crippen LogP contribution in [-0.2, 0) is 17.6 Å². The zero-order valence-electron chi connectivity index (χ0n) is 15.3. The Morgan fingerprint density at radius 3 is 2.73 bits per heavy atom. The van der Waals surface area contributed by atoms with Gasteiger partial charge in [-0.15, -0.1) is 0 Å². The summed E-state index contributed by atoms with van der Waals surface area (Å²) in [6.07, 6.45) is 5.34. The van der Waals surface area contributed by atoms with Crippen molar-refractivity contribution in [3.8, 4) is 5.75 Å². The third-order valence-electron chi connectivity index (χ3n) is 4.45. The molecule has 0 bridgehead atoms. The number of para-hydroxylation sites is 1. The van der Waals surface area contributed by atoms with Crippen molar-refractivity contribution in [1.29, 1.82) is 0 Å². The van der Waals surface area contributed by atoms with E-state index in [0.717, 1.165) is 48.1 Å². The fourth-order valence-corrected chi connectivity index (χ4v) is 2.95. The van der Waals surface area contributed by atoms with Crippen LogP contribution in [-0.4, -0.2) is 24.0 Å². The van der Waals surface area contributed by atoms with E-state index in [1.54, 1.807) is 0 Å².